The standard InChI is InChI=1S/C10H16N5O12P3S2/c11-10-13-7-4(8(18)14-10)12-2-15(7)9-6(17)5(16)3(25-9)1-24-30(31,32)27-29(22,23)26-28(19,20)21/h2-3,5-6,9,16-17H,1H2,(H,22,23)(H,31,32)(H2,19,20,21)(H3,11,13,14,18)/p-4/t3-,5-,6-,9-/m1/s1. The van der Waals surface area contributed by atoms with E-state index >= 15 is 0 Å². The number of rotatable bonds is 8. The predicted octanol–water partition coefficient (Wildman–Crippen LogP) is -3.56. The third-order valence-electron chi connectivity index (χ3n) is 3.86. The van der Waals surface area contributed by atoms with E-state index in [1.807, 2.05) is 0 Å². The van der Waals surface area contributed by atoms with Gasteiger partial charge >= 0.3 is 0 Å². The highest BCUT2D eigenvalue weighted by molar-refractivity contribution is 8.52. The average Bonchev–Trinajstić information content (AvgIpc) is 3.12. The number of fused-ring (bicyclic) bond motifs is 1. The fourth-order valence-corrected chi connectivity index (χ4v) is 7.37. The molecule has 3 heterocycles. The van der Waals surface area contributed by atoms with Crippen molar-refractivity contribution in [3.8, 4) is 0 Å². The number of nitrogens with one attached hydrogen (secondary N) is 1. The van der Waals surface area contributed by atoms with Crippen molar-refractivity contribution in [3.05, 3.63) is 16.7 Å². The Hall–Kier alpha value is -0.750. The van der Waals surface area contributed by atoms with Crippen molar-refractivity contribution in [2.75, 3.05) is 12.3 Å². The fourth-order valence-electron chi connectivity index (χ4n) is 2.67. The molecule has 3 rings (SSSR count). The molecule has 0 amide bonds. The van der Waals surface area contributed by atoms with Crippen LogP contribution in [0.3, 0.4) is 0 Å². The minimum absolute atomic E-state index is 0.0649. The number of hydrogen-bond acceptors (Lipinski definition) is 17. The molecule has 22 heteroatoms. The Morgan fingerprint density at radius 2 is 1.97 bits per heavy atom. The first-order chi connectivity index (χ1) is 14.6. The second-order valence-corrected chi connectivity index (χ2v) is 13.9. The number of phosphoric acid groups is 2. The molecule has 17 nitrogen and oxygen atoms in total. The second-order valence-electron chi connectivity index (χ2n) is 6.12. The zero-order valence-electron chi connectivity index (χ0n) is 15.1. The lowest BCUT2D eigenvalue weighted by Crippen LogP contribution is -2.33. The van der Waals surface area contributed by atoms with Crippen molar-refractivity contribution in [2.45, 2.75) is 24.5 Å². The van der Waals surface area contributed by atoms with Crippen molar-refractivity contribution < 1.29 is 51.9 Å². The van der Waals surface area contributed by atoms with E-state index in [0.29, 0.717) is 0 Å². The summed E-state index contributed by atoms with van der Waals surface area (Å²) >= 11 is 9.29. The Balaban J connectivity index is 1.72. The van der Waals surface area contributed by atoms with Gasteiger partial charge in [0.25, 0.3) is 13.4 Å². The maximum absolute atomic E-state index is 11.9. The number of H-pyrrole nitrogens is 1. The number of ether oxygens (including phenoxy) is 1. The largest absolute Gasteiger partial charge is 0.790 e. The van der Waals surface area contributed by atoms with Gasteiger partial charge in [-0.3, -0.25) is 27.5 Å². The zero-order valence-corrected chi connectivity index (χ0v) is 19.5. The summed E-state index contributed by atoms with van der Waals surface area (Å²) in [5.74, 6) is -0.244. The van der Waals surface area contributed by atoms with Crippen molar-refractivity contribution in [2.24, 2.45) is 0 Å². The van der Waals surface area contributed by atoms with Crippen LogP contribution in [0.15, 0.2) is 11.1 Å². The van der Waals surface area contributed by atoms with Gasteiger partial charge in [0.2, 0.25) is 5.95 Å². The van der Waals surface area contributed by atoms with E-state index in [2.05, 4.69) is 47.6 Å². The van der Waals surface area contributed by atoms with E-state index in [1.54, 1.807) is 0 Å². The molecule has 2 aromatic heterocycles. The van der Waals surface area contributed by atoms with Gasteiger partial charge in [-0.25, -0.2) is 4.98 Å². The number of aromatic amines is 1. The van der Waals surface area contributed by atoms with Crippen LogP contribution < -0.4 is 26.0 Å². The topological polar surface area (TPSA) is 270 Å². The van der Waals surface area contributed by atoms with Gasteiger partial charge in [0.15, 0.2) is 17.4 Å². The number of aliphatic hydroxyl groups excluding tert-OH is 2. The summed E-state index contributed by atoms with van der Waals surface area (Å²) < 4.78 is 40.8. The summed E-state index contributed by atoms with van der Waals surface area (Å²) in [7, 11) is -11.7. The van der Waals surface area contributed by atoms with E-state index in [1.165, 1.54) is 0 Å². The summed E-state index contributed by atoms with van der Waals surface area (Å²) in [6.07, 6.45) is -4.81. The van der Waals surface area contributed by atoms with Crippen LogP contribution in [-0.2, 0) is 51.1 Å². The van der Waals surface area contributed by atoms with Gasteiger partial charge in [0.1, 0.15) is 18.3 Å². The highest BCUT2D eigenvalue weighted by Crippen LogP contribution is 2.63. The summed E-state index contributed by atoms with van der Waals surface area (Å²) in [6, 6.07) is 0. The van der Waals surface area contributed by atoms with Gasteiger partial charge in [0, 0.05) is 0 Å². The number of nitrogen functional groups attached to an aromatic ring is 1. The molecule has 32 heavy (non-hydrogen) atoms. The first-order valence-corrected chi connectivity index (χ1v) is 14.6. The molecule has 1 aliphatic heterocycles. The van der Waals surface area contributed by atoms with Gasteiger partial charge in [-0.05, 0) is 0 Å². The summed E-state index contributed by atoms with van der Waals surface area (Å²) in [4.78, 5) is 54.1. The number of aromatic nitrogens is 4. The number of hydrogen-bond donors (Lipinski definition) is 4. The molecule has 0 radical (unpaired) electrons. The van der Waals surface area contributed by atoms with Gasteiger partial charge < -0.3 is 56.7 Å². The van der Waals surface area contributed by atoms with Crippen LogP contribution in [0, 0.1) is 0 Å². The monoisotopic (exact) mass is 551 g/mol. The molecule has 180 valence electrons. The van der Waals surface area contributed by atoms with E-state index in [9.17, 15) is 38.8 Å². The van der Waals surface area contributed by atoms with Crippen LogP contribution in [0.25, 0.3) is 11.2 Å². The maximum atomic E-state index is 11.9. The van der Waals surface area contributed by atoms with Crippen LogP contribution in [-0.4, -0.2) is 54.7 Å². The number of nitrogens with two attached hydrogens (primary N) is 1. The first-order valence-electron chi connectivity index (χ1n) is 8.04. The third-order valence-corrected chi connectivity index (χ3v) is 9.36. The van der Waals surface area contributed by atoms with E-state index in [4.69, 9.17) is 15.0 Å². The molecule has 1 saturated heterocycles. The highest BCUT2D eigenvalue weighted by atomic mass is 32.9. The molecule has 0 spiro atoms. The lowest BCUT2D eigenvalue weighted by molar-refractivity contribution is -0.339. The van der Waals surface area contributed by atoms with E-state index in [-0.39, 0.29) is 17.1 Å². The lowest BCUT2D eigenvalue weighted by atomic mass is 10.1. The van der Waals surface area contributed by atoms with Crippen molar-refractivity contribution in [3.63, 3.8) is 0 Å². The first kappa shape index (κ1) is 25.9. The Kier molecular flexibility index (Phi) is 7.38. The molecule has 6 atom stereocenters. The summed E-state index contributed by atoms with van der Waals surface area (Å²) in [5, 5.41) is 20.6. The van der Waals surface area contributed by atoms with Crippen LogP contribution in [0.1, 0.15) is 6.23 Å². The van der Waals surface area contributed by atoms with Gasteiger partial charge in [-0.2, -0.15) is 4.98 Å². The quantitative estimate of drug-likeness (QED) is 0.182. The van der Waals surface area contributed by atoms with E-state index < -0.39 is 58.0 Å². The molecule has 0 saturated carbocycles. The maximum Gasteiger partial charge on any atom is 0.280 e. The van der Waals surface area contributed by atoms with Crippen LogP contribution in [0.4, 0.5) is 5.95 Å². The number of anilines is 1. The van der Waals surface area contributed by atoms with Crippen molar-refractivity contribution in [1.82, 2.24) is 19.5 Å². The minimum Gasteiger partial charge on any atom is -0.790 e. The molecule has 1 aliphatic rings. The highest BCUT2D eigenvalue weighted by Gasteiger charge is 2.44. The zero-order chi connectivity index (χ0) is 24.1. The molecular weight excluding hydrogens is 539 g/mol. The normalized spacial score (nSPS) is 27.9. The second kappa shape index (κ2) is 9.13. The molecule has 2 aromatic rings. The van der Waals surface area contributed by atoms with Gasteiger partial charge in [-0.1, -0.05) is 11.8 Å². The van der Waals surface area contributed by atoms with E-state index in [0.717, 1.165) is 10.9 Å². The number of imidazole rings is 1. The molecule has 5 N–H and O–H groups in total. The smallest absolute Gasteiger partial charge is 0.280 e. The van der Waals surface area contributed by atoms with Crippen LogP contribution in [0.2, 0.25) is 0 Å². The van der Waals surface area contributed by atoms with Gasteiger partial charge in [0.05, 0.1) is 26.5 Å². The van der Waals surface area contributed by atoms with Gasteiger partial charge in [-0.15, -0.1) is 0 Å². The summed E-state index contributed by atoms with van der Waals surface area (Å²) in [5.41, 5.74) is 0.466. The molecule has 1 fully saturated rings. The molecule has 0 aliphatic carbocycles. The van der Waals surface area contributed by atoms with Crippen LogP contribution >= 0.6 is 21.3 Å². The Morgan fingerprint density at radius 3 is 2.59 bits per heavy atom. The predicted molar refractivity (Wildman–Crippen MR) is 103 cm³/mol. The molecule has 0 aromatic carbocycles. The van der Waals surface area contributed by atoms with Crippen molar-refractivity contribution in [1.29, 1.82) is 0 Å². The summed E-state index contributed by atoms with van der Waals surface area (Å²) in [6.45, 7) is -0.718. The minimum atomic E-state index is -5.97. The lowest BCUT2D eigenvalue weighted by Gasteiger charge is -2.39. The Morgan fingerprint density at radius 1 is 1.31 bits per heavy atom. The number of nitrogens with zero attached hydrogens (tertiary/aromatic N) is 3. The number of aliphatic hydroxyl groups is 2. The molecule has 2 unspecified atom stereocenters. The van der Waals surface area contributed by atoms with Crippen molar-refractivity contribution >= 4 is 62.5 Å². The molecule has 0 bridgehead atoms. The van der Waals surface area contributed by atoms with Crippen LogP contribution in [0.5, 0.6) is 0 Å². The SMILES string of the molecule is Nc1nc2c(ncn2[C@@H]2O[C@H](COP(=S)([S-])OP(=O)([O-])OP(=O)([O-])[O-])[C@@H](O)[C@H]2O)c(=O)[nH]1. The molecular formula is C10H12N5O12P3S2-4. The third kappa shape index (κ3) is 6.02. The Bertz CT molecular complexity index is 1220. The average molecular weight is 551 g/mol. The Labute approximate surface area is 187 Å². The fraction of sp³-hybridized carbons (Fsp3) is 0.500.